The highest BCUT2D eigenvalue weighted by Crippen LogP contribution is 2.27. The van der Waals surface area contributed by atoms with Gasteiger partial charge in [0.25, 0.3) is 0 Å². The molecule has 0 radical (unpaired) electrons. The van der Waals surface area contributed by atoms with E-state index < -0.39 is 12.4 Å². The molecule has 1 aromatic carbocycles. The van der Waals surface area contributed by atoms with Gasteiger partial charge in [0.1, 0.15) is 5.75 Å². The topological polar surface area (TPSA) is 60.2 Å². The minimum atomic E-state index is -4.73. The Morgan fingerprint density at radius 3 is 2.55 bits per heavy atom. The Morgan fingerprint density at radius 1 is 1.15 bits per heavy atom. The maximum absolute atomic E-state index is 12.2. The number of benzene rings is 1. The average Bonchev–Trinajstić information content (AvgIpc) is 2.39. The zero-order valence-corrected chi connectivity index (χ0v) is 10.3. The molecule has 2 aromatic rings. The first-order valence-electron chi connectivity index (χ1n) is 5.72. The second kappa shape index (κ2) is 5.89. The van der Waals surface area contributed by atoms with E-state index in [-0.39, 0.29) is 5.75 Å². The Kier molecular flexibility index (Phi) is 4.21. The summed E-state index contributed by atoms with van der Waals surface area (Å²) < 4.78 is 40.5. The molecule has 4 nitrogen and oxygen atoms in total. The molecule has 1 heterocycles. The molecule has 2 rings (SSSR count). The van der Waals surface area contributed by atoms with E-state index in [1.54, 1.807) is 30.5 Å². The van der Waals surface area contributed by atoms with Crippen LogP contribution in [0.25, 0.3) is 0 Å². The van der Waals surface area contributed by atoms with Crippen LogP contribution in [0.15, 0.2) is 48.7 Å². The molecule has 20 heavy (non-hydrogen) atoms. The maximum atomic E-state index is 12.2. The Balaban J connectivity index is 2.29. The number of alkyl halides is 3. The van der Waals surface area contributed by atoms with Crippen molar-refractivity contribution < 1.29 is 17.9 Å². The van der Waals surface area contributed by atoms with Crippen LogP contribution in [0.2, 0.25) is 0 Å². The fourth-order valence-electron chi connectivity index (χ4n) is 1.79. The van der Waals surface area contributed by atoms with Crippen LogP contribution in [0.4, 0.5) is 13.2 Å². The van der Waals surface area contributed by atoms with Gasteiger partial charge in [-0.1, -0.05) is 18.2 Å². The molecule has 0 saturated heterocycles. The number of nitrogens with two attached hydrogens (primary N) is 1. The van der Waals surface area contributed by atoms with E-state index in [2.05, 4.69) is 15.1 Å². The zero-order chi connectivity index (χ0) is 14.6. The van der Waals surface area contributed by atoms with E-state index in [1.165, 1.54) is 18.2 Å². The number of hydrogen-bond acceptors (Lipinski definition) is 4. The molecule has 0 bridgehead atoms. The van der Waals surface area contributed by atoms with Crippen LogP contribution in [-0.2, 0) is 0 Å². The Morgan fingerprint density at radius 2 is 1.95 bits per heavy atom. The number of rotatable bonds is 4. The SMILES string of the molecule is NNC(c1cccc(OC(F)(F)F)c1)c1ccccn1. The van der Waals surface area contributed by atoms with Crippen molar-refractivity contribution in [2.24, 2.45) is 5.84 Å². The van der Waals surface area contributed by atoms with E-state index in [4.69, 9.17) is 5.84 Å². The molecule has 0 aliphatic heterocycles. The van der Waals surface area contributed by atoms with Crippen molar-refractivity contribution >= 4 is 0 Å². The lowest BCUT2D eigenvalue weighted by molar-refractivity contribution is -0.274. The van der Waals surface area contributed by atoms with Gasteiger partial charge in [-0.15, -0.1) is 13.2 Å². The Hall–Kier alpha value is -2.12. The first-order valence-corrected chi connectivity index (χ1v) is 5.72. The van der Waals surface area contributed by atoms with E-state index in [0.717, 1.165) is 0 Å². The van der Waals surface area contributed by atoms with Gasteiger partial charge in [-0.2, -0.15) is 0 Å². The van der Waals surface area contributed by atoms with Crippen molar-refractivity contribution in [3.63, 3.8) is 0 Å². The maximum Gasteiger partial charge on any atom is 0.573 e. The highest BCUT2D eigenvalue weighted by molar-refractivity contribution is 5.34. The van der Waals surface area contributed by atoms with Crippen LogP contribution in [0.3, 0.4) is 0 Å². The van der Waals surface area contributed by atoms with Crippen LogP contribution in [0.1, 0.15) is 17.3 Å². The Labute approximate surface area is 113 Å². The fourth-order valence-corrected chi connectivity index (χ4v) is 1.79. The molecular weight excluding hydrogens is 271 g/mol. The fraction of sp³-hybridized carbons (Fsp3) is 0.154. The number of pyridine rings is 1. The van der Waals surface area contributed by atoms with Gasteiger partial charge in [-0.25, -0.2) is 5.43 Å². The van der Waals surface area contributed by atoms with Gasteiger partial charge in [-0.05, 0) is 29.8 Å². The van der Waals surface area contributed by atoms with Crippen molar-refractivity contribution in [1.82, 2.24) is 10.4 Å². The molecule has 0 aliphatic rings. The summed E-state index contributed by atoms with van der Waals surface area (Å²) in [5, 5.41) is 0. The van der Waals surface area contributed by atoms with Crippen LogP contribution in [0.5, 0.6) is 5.75 Å². The summed E-state index contributed by atoms with van der Waals surface area (Å²) in [6.07, 6.45) is -3.15. The monoisotopic (exact) mass is 283 g/mol. The zero-order valence-electron chi connectivity index (χ0n) is 10.3. The molecule has 1 aromatic heterocycles. The van der Waals surface area contributed by atoms with E-state index in [0.29, 0.717) is 11.3 Å². The summed E-state index contributed by atoms with van der Waals surface area (Å²) in [4.78, 5) is 4.13. The third-order valence-electron chi connectivity index (χ3n) is 2.58. The third kappa shape index (κ3) is 3.69. The number of ether oxygens (including phenoxy) is 1. The number of aromatic nitrogens is 1. The van der Waals surface area contributed by atoms with Crippen molar-refractivity contribution in [3.8, 4) is 5.75 Å². The van der Waals surface area contributed by atoms with E-state index >= 15 is 0 Å². The van der Waals surface area contributed by atoms with Crippen molar-refractivity contribution in [1.29, 1.82) is 0 Å². The molecule has 3 N–H and O–H groups in total. The molecule has 0 spiro atoms. The smallest absolute Gasteiger partial charge is 0.406 e. The molecule has 0 saturated carbocycles. The summed E-state index contributed by atoms with van der Waals surface area (Å²) in [7, 11) is 0. The minimum absolute atomic E-state index is 0.300. The van der Waals surface area contributed by atoms with Gasteiger partial charge in [0, 0.05) is 6.20 Å². The predicted molar refractivity (Wildman–Crippen MR) is 66.5 cm³/mol. The molecular formula is C13H12F3N3O. The number of nitrogens with one attached hydrogen (secondary N) is 1. The van der Waals surface area contributed by atoms with Gasteiger partial charge in [0.15, 0.2) is 0 Å². The second-order valence-electron chi connectivity index (χ2n) is 3.97. The number of halogens is 3. The van der Waals surface area contributed by atoms with Gasteiger partial charge in [-0.3, -0.25) is 10.8 Å². The standard InChI is InChI=1S/C13H12F3N3O/c14-13(15,16)20-10-5-3-4-9(8-10)12(19-17)11-6-1-2-7-18-11/h1-8,12,19H,17H2. The van der Waals surface area contributed by atoms with E-state index in [9.17, 15) is 13.2 Å². The summed E-state index contributed by atoms with van der Waals surface area (Å²) in [6.45, 7) is 0. The van der Waals surface area contributed by atoms with Crippen LogP contribution >= 0.6 is 0 Å². The molecule has 0 aliphatic carbocycles. The predicted octanol–water partition coefficient (Wildman–Crippen LogP) is 2.53. The largest absolute Gasteiger partial charge is 0.573 e. The van der Waals surface area contributed by atoms with Crippen molar-refractivity contribution in [2.75, 3.05) is 0 Å². The summed E-state index contributed by atoms with van der Waals surface area (Å²) in [5.74, 6) is 5.16. The molecule has 1 atom stereocenters. The van der Waals surface area contributed by atoms with Crippen LogP contribution in [0, 0.1) is 0 Å². The molecule has 0 amide bonds. The molecule has 106 valence electrons. The minimum Gasteiger partial charge on any atom is -0.406 e. The summed E-state index contributed by atoms with van der Waals surface area (Å²) >= 11 is 0. The van der Waals surface area contributed by atoms with E-state index in [1.807, 2.05) is 0 Å². The van der Waals surface area contributed by atoms with Gasteiger partial charge in [0.2, 0.25) is 0 Å². The lowest BCUT2D eigenvalue weighted by Crippen LogP contribution is -2.29. The Bertz CT molecular complexity index is 560. The molecule has 7 heteroatoms. The number of hydrogen-bond donors (Lipinski definition) is 2. The average molecular weight is 283 g/mol. The first kappa shape index (κ1) is 14.3. The van der Waals surface area contributed by atoms with Crippen LogP contribution < -0.4 is 16.0 Å². The third-order valence-corrected chi connectivity index (χ3v) is 2.58. The van der Waals surface area contributed by atoms with Gasteiger partial charge >= 0.3 is 6.36 Å². The normalized spacial score (nSPS) is 13.0. The lowest BCUT2D eigenvalue weighted by atomic mass is 10.0. The first-order chi connectivity index (χ1) is 9.49. The number of hydrazine groups is 1. The van der Waals surface area contributed by atoms with Gasteiger partial charge in [0.05, 0.1) is 11.7 Å². The van der Waals surface area contributed by atoms with Gasteiger partial charge < -0.3 is 4.74 Å². The lowest BCUT2D eigenvalue weighted by Gasteiger charge is -2.17. The van der Waals surface area contributed by atoms with Crippen molar-refractivity contribution in [2.45, 2.75) is 12.4 Å². The highest BCUT2D eigenvalue weighted by Gasteiger charge is 2.31. The highest BCUT2D eigenvalue weighted by atomic mass is 19.4. The summed E-state index contributed by atoms with van der Waals surface area (Å²) in [5.41, 5.74) is 3.64. The quantitative estimate of drug-likeness (QED) is 0.668. The van der Waals surface area contributed by atoms with Crippen LogP contribution in [-0.4, -0.2) is 11.3 Å². The second-order valence-corrected chi connectivity index (χ2v) is 3.97. The summed E-state index contributed by atoms with van der Waals surface area (Å²) in [6, 6.07) is 10.3. The van der Waals surface area contributed by atoms with Crippen molar-refractivity contribution in [3.05, 3.63) is 59.9 Å². The molecule has 0 fully saturated rings. The molecule has 1 unspecified atom stereocenters. The number of nitrogens with zero attached hydrogens (tertiary/aromatic N) is 1.